The molecule has 2 aromatic rings. The molecule has 1 aromatic heterocycles. The van der Waals surface area contributed by atoms with Crippen molar-refractivity contribution in [3.05, 3.63) is 48.3 Å². The van der Waals surface area contributed by atoms with E-state index >= 15 is 0 Å². The van der Waals surface area contributed by atoms with Crippen LogP contribution in [0.3, 0.4) is 0 Å². The summed E-state index contributed by atoms with van der Waals surface area (Å²) in [6.07, 6.45) is 1.97. The third-order valence-electron chi connectivity index (χ3n) is 2.65. The SMILES string of the molecule is Cn1cccc1CNc1cccc(NS(N)(=O)=O)c1. The Balaban J connectivity index is 2.05. The fraction of sp³-hybridized carbons (Fsp3) is 0.167. The molecule has 6 nitrogen and oxygen atoms in total. The summed E-state index contributed by atoms with van der Waals surface area (Å²) in [6.45, 7) is 0.655. The fourth-order valence-electron chi connectivity index (χ4n) is 1.73. The number of nitrogens with zero attached hydrogens (tertiary/aromatic N) is 1. The van der Waals surface area contributed by atoms with Crippen LogP contribution in [-0.2, 0) is 23.8 Å². The second-order valence-corrected chi connectivity index (χ2v) is 5.49. The number of aromatic nitrogens is 1. The largest absolute Gasteiger partial charge is 0.379 e. The maximum absolute atomic E-state index is 10.9. The first kappa shape index (κ1) is 13.4. The molecule has 0 aliphatic heterocycles. The molecule has 0 aliphatic carbocycles. The Bertz CT molecular complexity index is 664. The van der Waals surface area contributed by atoms with Gasteiger partial charge in [-0.05, 0) is 30.3 Å². The molecule has 0 saturated carbocycles. The van der Waals surface area contributed by atoms with Gasteiger partial charge >= 0.3 is 0 Å². The molecule has 0 atom stereocenters. The Morgan fingerprint density at radius 3 is 2.58 bits per heavy atom. The second kappa shape index (κ2) is 5.33. The van der Waals surface area contributed by atoms with E-state index in [1.807, 2.05) is 36.0 Å². The molecular formula is C12H16N4O2S. The summed E-state index contributed by atoms with van der Waals surface area (Å²) in [7, 11) is -1.77. The van der Waals surface area contributed by atoms with Crippen molar-refractivity contribution < 1.29 is 8.42 Å². The number of nitrogens with two attached hydrogens (primary N) is 1. The molecule has 0 radical (unpaired) electrons. The van der Waals surface area contributed by atoms with Crippen molar-refractivity contribution >= 4 is 21.6 Å². The normalized spacial score (nSPS) is 11.3. The minimum absolute atomic E-state index is 0.430. The van der Waals surface area contributed by atoms with Gasteiger partial charge in [0.05, 0.1) is 12.2 Å². The quantitative estimate of drug-likeness (QED) is 0.770. The molecule has 1 heterocycles. The number of hydrogen-bond acceptors (Lipinski definition) is 3. The van der Waals surface area contributed by atoms with Gasteiger partial charge in [-0.25, -0.2) is 5.14 Å². The first-order chi connectivity index (χ1) is 8.94. The van der Waals surface area contributed by atoms with Crippen molar-refractivity contribution in [2.45, 2.75) is 6.54 Å². The molecule has 0 aliphatic rings. The summed E-state index contributed by atoms with van der Waals surface area (Å²) >= 11 is 0. The van der Waals surface area contributed by atoms with Crippen LogP contribution in [0.1, 0.15) is 5.69 Å². The fourth-order valence-corrected chi connectivity index (χ4v) is 2.19. The van der Waals surface area contributed by atoms with E-state index in [2.05, 4.69) is 10.0 Å². The van der Waals surface area contributed by atoms with E-state index in [4.69, 9.17) is 5.14 Å². The van der Waals surface area contributed by atoms with E-state index in [0.29, 0.717) is 12.2 Å². The van der Waals surface area contributed by atoms with Crippen LogP contribution in [0, 0.1) is 0 Å². The summed E-state index contributed by atoms with van der Waals surface area (Å²) in [6, 6.07) is 10.9. The van der Waals surface area contributed by atoms with Gasteiger partial charge in [0.1, 0.15) is 0 Å². The molecule has 0 saturated heterocycles. The highest BCUT2D eigenvalue weighted by Crippen LogP contribution is 2.16. The highest BCUT2D eigenvalue weighted by Gasteiger charge is 2.03. The molecule has 0 unspecified atom stereocenters. The lowest BCUT2D eigenvalue weighted by molar-refractivity contribution is 0.603. The topological polar surface area (TPSA) is 89.2 Å². The van der Waals surface area contributed by atoms with Gasteiger partial charge in [0.15, 0.2) is 0 Å². The molecular weight excluding hydrogens is 264 g/mol. The first-order valence-corrected chi connectivity index (χ1v) is 7.23. The van der Waals surface area contributed by atoms with E-state index in [-0.39, 0.29) is 0 Å². The maximum Gasteiger partial charge on any atom is 0.296 e. The standard InChI is InChI=1S/C12H16N4O2S/c1-16-7-3-6-12(16)9-14-10-4-2-5-11(8-10)15-19(13,17)18/h2-8,14-15H,9H2,1H3,(H2,13,17,18). The lowest BCUT2D eigenvalue weighted by Crippen LogP contribution is -2.21. The molecule has 2 rings (SSSR count). The zero-order valence-corrected chi connectivity index (χ0v) is 11.3. The smallest absolute Gasteiger partial charge is 0.296 e. The number of benzene rings is 1. The molecule has 0 amide bonds. The van der Waals surface area contributed by atoms with E-state index in [1.165, 1.54) is 0 Å². The van der Waals surface area contributed by atoms with Crippen molar-refractivity contribution in [3.8, 4) is 0 Å². The van der Waals surface area contributed by atoms with Gasteiger partial charge in [-0.3, -0.25) is 4.72 Å². The van der Waals surface area contributed by atoms with Crippen molar-refractivity contribution in [2.75, 3.05) is 10.0 Å². The minimum Gasteiger partial charge on any atom is -0.379 e. The first-order valence-electron chi connectivity index (χ1n) is 5.69. The molecule has 1 aromatic carbocycles. The lowest BCUT2D eigenvalue weighted by atomic mass is 10.3. The molecule has 0 fully saturated rings. The highest BCUT2D eigenvalue weighted by atomic mass is 32.2. The Labute approximate surface area is 112 Å². The number of nitrogens with one attached hydrogen (secondary N) is 2. The number of aryl methyl sites for hydroxylation is 1. The Kier molecular flexibility index (Phi) is 3.77. The predicted octanol–water partition coefficient (Wildman–Crippen LogP) is 1.25. The van der Waals surface area contributed by atoms with Crippen molar-refractivity contribution in [2.24, 2.45) is 12.2 Å². The number of anilines is 2. The summed E-state index contributed by atoms with van der Waals surface area (Å²) < 4.78 is 26.1. The molecule has 19 heavy (non-hydrogen) atoms. The molecule has 0 bridgehead atoms. The zero-order chi connectivity index (χ0) is 13.9. The number of rotatable bonds is 5. The Hall–Kier alpha value is -1.99. The van der Waals surface area contributed by atoms with Crippen LogP contribution in [0.5, 0.6) is 0 Å². The average Bonchev–Trinajstić information content (AvgIpc) is 2.70. The average molecular weight is 280 g/mol. The Morgan fingerprint density at radius 1 is 1.21 bits per heavy atom. The predicted molar refractivity (Wildman–Crippen MR) is 75.9 cm³/mol. The summed E-state index contributed by atoms with van der Waals surface area (Å²) in [5, 5.41) is 8.14. The van der Waals surface area contributed by atoms with Crippen LogP contribution in [0.4, 0.5) is 11.4 Å². The lowest BCUT2D eigenvalue weighted by Gasteiger charge is -2.09. The van der Waals surface area contributed by atoms with E-state index in [0.717, 1.165) is 11.4 Å². The summed E-state index contributed by atoms with van der Waals surface area (Å²) in [5.74, 6) is 0. The van der Waals surface area contributed by atoms with Gasteiger partial charge in [-0.2, -0.15) is 8.42 Å². The number of hydrogen-bond donors (Lipinski definition) is 3. The maximum atomic E-state index is 10.9. The molecule has 7 heteroatoms. The van der Waals surface area contributed by atoms with Gasteiger partial charge in [0, 0.05) is 24.6 Å². The van der Waals surface area contributed by atoms with Crippen LogP contribution in [-0.4, -0.2) is 13.0 Å². The summed E-state index contributed by atoms with van der Waals surface area (Å²) in [4.78, 5) is 0. The van der Waals surface area contributed by atoms with Crippen molar-refractivity contribution in [1.29, 1.82) is 0 Å². The molecule has 4 N–H and O–H groups in total. The second-order valence-electron chi connectivity index (χ2n) is 4.19. The van der Waals surface area contributed by atoms with Crippen molar-refractivity contribution in [3.63, 3.8) is 0 Å². The highest BCUT2D eigenvalue weighted by molar-refractivity contribution is 7.90. The van der Waals surface area contributed by atoms with E-state index in [9.17, 15) is 8.42 Å². The van der Waals surface area contributed by atoms with Gasteiger partial charge < -0.3 is 9.88 Å². The summed E-state index contributed by atoms with van der Waals surface area (Å²) in [5.41, 5.74) is 2.37. The van der Waals surface area contributed by atoms with Gasteiger partial charge in [0.2, 0.25) is 0 Å². The Morgan fingerprint density at radius 2 is 1.95 bits per heavy atom. The minimum atomic E-state index is -3.74. The van der Waals surface area contributed by atoms with Crippen LogP contribution in [0.15, 0.2) is 42.6 Å². The van der Waals surface area contributed by atoms with Gasteiger partial charge in [-0.15, -0.1) is 0 Å². The van der Waals surface area contributed by atoms with Crippen LogP contribution < -0.4 is 15.2 Å². The molecule has 102 valence electrons. The third kappa shape index (κ3) is 4.01. The molecule has 0 spiro atoms. The van der Waals surface area contributed by atoms with Gasteiger partial charge in [0.25, 0.3) is 10.2 Å². The third-order valence-corrected chi connectivity index (χ3v) is 3.17. The zero-order valence-electron chi connectivity index (χ0n) is 10.5. The van der Waals surface area contributed by atoms with Crippen LogP contribution in [0.25, 0.3) is 0 Å². The van der Waals surface area contributed by atoms with Crippen molar-refractivity contribution in [1.82, 2.24) is 4.57 Å². The van der Waals surface area contributed by atoms with Gasteiger partial charge in [-0.1, -0.05) is 6.07 Å². The van der Waals surface area contributed by atoms with Crippen LogP contribution >= 0.6 is 0 Å². The van der Waals surface area contributed by atoms with E-state index < -0.39 is 10.2 Å². The van der Waals surface area contributed by atoms with E-state index in [1.54, 1.807) is 18.2 Å². The van der Waals surface area contributed by atoms with Crippen LogP contribution in [0.2, 0.25) is 0 Å². The monoisotopic (exact) mass is 280 g/mol.